The normalized spacial score (nSPS) is 15.4. The highest BCUT2D eigenvalue weighted by Gasteiger charge is 2.42. The van der Waals surface area contributed by atoms with E-state index in [4.69, 9.17) is 0 Å². The maximum absolute atomic E-state index is 13.3. The molecule has 2 aliphatic rings. The van der Waals surface area contributed by atoms with E-state index in [0.717, 1.165) is 40.2 Å². The SMILES string of the molecule is CC1(C)Cc2c(cnn2-c2ccccc2)-c2nnc3c(c21)C(=O)c1ccccc1-3. The number of fused-ring (bicyclic) bond motifs is 7. The molecule has 2 aromatic heterocycles. The molecule has 0 atom stereocenters. The fourth-order valence-corrected chi connectivity index (χ4v) is 4.76. The Morgan fingerprint density at radius 1 is 0.862 bits per heavy atom. The van der Waals surface area contributed by atoms with Crippen molar-refractivity contribution < 1.29 is 4.79 Å². The van der Waals surface area contributed by atoms with Gasteiger partial charge in [0.2, 0.25) is 0 Å². The van der Waals surface area contributed by atoms with Crippen LogP contribution in [0.3, 0.4) is 0 Å². The summed E-state index contributed by atoms with van der Waals surface area (Å²) >= 11 is 0. The molecule has 0 unspecified atom stereocenters. The number of aromatic nitrogens is 4. The third kappa shape index (κ3) is 2.10. The lowest BCUT2D eigenvalue weighted by atomic mass is 9.71. The van der Waals surface area contributed by atoms with Gasteiger partial charge in [0.25, 0.3) is 0 Å². The van der Waals surface area contributed by atoms with Gasteiger partial charge in [0.05, 0.1) is 23.1 Å². The number of benzene rings is 2. The van der Waals surface area contributed by atoms with Crippen LogP contribution in [0.1, 0.15) is 41.0 Å². The third-order valence-electron chi connectivity index (χ3n) is 6.04. The average molecular weight is 378 g/mol. The van der Waals surface area contributed by atoms with Crippen LogP contribution in [0.25, 0.3) is 28.2 Å². The van der Waals surface area contributed by atoms with Crippen molar-refractivity contribution in [2.24, 2.45) is 0 Å². The van der Waals surface area contributed by atoms with Gasteiger partial charge in [-0.15, -0.1) is 10.2 Å². The topological polar surface area (TPSA) is 60.7 Å². The molecule has 0 bridgehead atoms. The summed E-state index contributed by atoms with van der Waals surface area (Å²) in [7, 11) is 0. The molecule has 4 aromatic rings. The Balaban J connectivity index is 1.63. The number of rotatable bonds is 1. The van der Waals surface area contributed by atoms with E-state index >= 15 is 0 Å². The summed E-state index contributed by atoms with van der Waals surface area (Å²) in [6.45, 7) is 4.35. The smallest absolute Gasteiger partial charge is 0.196 e. The van der Waals surface area contributed by atoms with Crippen molar-refractivity contribution in [3.8, 4) is 28.2 Å². The highest BCUT2D eigenvalue weighted by atomic mass is 16.1. The minimum atomic E-state index is -0.271. The minimum absolute atomic E-state index is 0.0497. The van der Waals surface area contributed by atoms with Gasteiger partial charge in [0, 0.05) is 16.7 Å². The Morgan fingerprint density at radius 2 is 1.55 bits per heavy atom. The van der Waals surface area contributed by atoms with E-state index in [0.29, 0.717) is 16.8 Å². The highest BCUT2D eigenvalue weighted by molar-refractivity contribution is 6.22. The number of hydrogen-bond donors (Lipinski definition) is 0. The van der Waals surface area contributed by atoms with Crippen molar-refractivity contribution in [1.82, 2.24) is 20.0 Å². The summed E-state index contributed by atoms with van der Waals surface area (Å²) in [5.41, 5.74) is 7.58. The van der Waals surface area contributed by atoms with Crippen LogP contribution in [0.4, 0.5) is 0 Å². The quantitative estimate of drug-likeness (QED) is 0.434. The molecule has 0 aliphatic heterocycles. The van der Waals surface area contributed by atoms with Crippen LogP contribution in [-0.4, -0.2) is 25.8 Å². The second-order valence-electron chi connectivity index (χ2n) is 8.33. The van der Waals surface area contributed by atoms with Gasteiger partial charge in [0.15, 0.2) is 5.78 Å². The molecule has 0 amide bonds. The number of carbonyl (C=O) groups excluding carboxylic acids is 1. The van der Waals surface area contributed by atoms with E-state index in [-0.39, 0.29) is 11.2 Å². The Morgan fingerprint density at radius 3 is 2.34 bits per heavy atom. The number of ketones is 1. The largest absolute Gasteiger partial charge is 0.288 e. The van der Waals surface area contributed by atoms with Gasteiger partial charge in [-0.1, -0.05) is 56.3 Å². The summed E-state index contributed by atoms with van der Waals surface area (Å²) in [6.07, 6.45) is 2.62. The van der Waals surface area contributed by atoms with Crippen molar-refractivity contribution in [2.45, 2.75) is 25.7 Å². The summed E-state index contributed by atoms with van der Waals surface area (Å²) in [5, 5.41) is 13.8. The Hall–Kier alpha value is -3.60. The standard InChI is InChI=1S/C24H18N4O/c1-24(2)12-18-17(13-25-28(18)14-8-4-3-5-9-14)22-20(24)19-21(26-27-22)15-10-6-7-11-16(15)23(19)29/h3-11,13H,12H2,1-2H3. The summed E-state index contributed by atoms with van der Waals surface area (Å²) in [4.78, 5) is 13.3. The molecule has 5 heteroatoms. The van der Waals surface area contributed by atoms with Crippen molar-refractivity contribution in [1.29, 1.82) is 0 Å². The molecular formula is C24H18N4O. The van der Waals surface area contributed by atoms with Crippen LogP contribution in [0.5, 0.6) is 0 Å². The summed E-state index contributed by atoms with van der Waals surface area (Å²) < 4.78 is 1.98. The van der Waals surface area contributed by atoms with Crippen LogP contribution in [0.2, 0.25) is 0 Å². The fraction of sp³-hybridized carbons (Fsp3) is 0.167. The molecule has 2 aromatic carbocycles. The lowest BCUT2D eigenvalue weighted by Crippen LogP contribution is -2.30. The second-order valence-corrected chi connectivity index (χ2v) is 8.33. The molecule has 0 N–H and O–H groups in total. The van der Waals surface area contributed by atoms with E-state index in [1.807, 2.05) is 65.5 Å². The van der Waals surface area contributed by atoms with E-state index in [1.165, 1.54) is 0 Å². The average Bonchev–Trinajstić information content (AvgIpc) is 3.28. The van der Waals surface area contributed by atoms with Gasteiger partial charge >= 0.3 is 0 Å². The molecule has 0 saturated heterocycles. The van der Waals surface area contributed by atoms with E-state index in [2.05, 4.69) is 29.1 Å². The van der Waals surface area contributed by atoms with Crippen LogP contribution in [-0.2, 0) is 11.8 Å². The number of nitrogens with zero attached hydrogens (tertiary/aromatic N) is 4. The summed E-state index contributed by atoms with van der Waals surface area (Å²) in [6, 6.07) is 17.8. The molecule has 2 aliphatic carbocycles. The van der Waals surface area contributed by atoms with Crippen LogP contribution >= 0.6 is 0 Å². The lowest BCUT2D eigenvalue weighted by Gasteiger charge is -2.33. The maximum Gasteiger partial charge on any atom is 0.196 e. The minimum Gasteiger partial charge on any atom is -0.288 e. The monoisotopic (exact) mass is 378 g/mol. The van der Waals surface area contributed by atoms with Crippen molar-refractivity contribution in [2.75, 3.05) is 0 Å². The Bertz CT molecular complexity index is 1320. The molecule has 5 nitrogen and oxygen atoms in total. The molecule has 0 radical (unpaired) electrons. The van der Waals surface area contributed by atoms with E-state index in [1.54, 1.807) is 0 Å². The molecule has 29 heavy (non-hydrogen) atoms. The van der Waals surface area contributed by atoms with Crippen molar-refractivity contribution >= 4 is 5.78 Å². The van der Waals surface area contributed by atoms with Gasteiger partial charge in [-0.05, 0) is 29.5 Å². The van der Waals surface area contributed by atoms with Gasteiger partial charge < -0.3 is 0 Å². The predicted octanol–water partition coefficient (Wildman–Crippen LogP) is 4.37. The zero-order valence-electron chi connectivity index (χ0n) is 16.2. The van der Waals surface area contributed by atoms with Gasteiger partial charge in [-0.25, -0.2) is 4.68 Å². The van der Waals surface area contributed by atoms with Gasteiger partial charge in [-0.2, -0.15) is 5.10 Å². The van der Waals surface area contributed by atoms with E-state index < -0.39 is 0 Å². The second kappa shape index (κ2) is 5.47. The first-order valence-corrected chi connectivity index (χ1v) is 9.74. The first kappa shape index (κ1) is 16.4. The lowest BCUT2D eigenvalue weighted by molar-refractivity contribution is 0.104. The van der Waals surface area contributed by atoms with Crippen molar-refractivity contribution in [3.63, 3.8) is 0 Å². The predicted molar refractivity (Wildman–Crippen MR) is 110 cm³/mol. The van der Waals surface area contributed by atoms with Gasteiger partial charge in [0.1, 0.15) is 11.4 Å². The zero-order chi connectivity index (χ0) is 19.8. The fourth-order valence-electron chi connectivity index (χ4n) is 4.76. The van der Waals surface area contributed by atoms with Crippen LogP contribution < -0.4 is 0 Å². The molecule has 140 valence electrons. The first-order valence-electron chi connectivity index (χ1n) is 9.74. The Kier molecular flexibility index (Phi) is 3.09. The van der Waals surface area contributed by atoms with Crippen LogP contribution in [0.15, 0.2) is 60.8 Å². The van der Waals surface area contributed by atoms with Gasteiger partial charge in [-0.3, -0.25) is 4.79 Å². The molecule has 0 fully saturated rings. The Labute approximate surface area is 168 Å². The maximum atomic E-state index is 13.3. The number of carbonyl (C=O) groups is 1. The third-order valence-corrected chi connectivity index (χ3v) is 6.04. The van der Waals surface area contributed by atoms with Crippen molar-refractivity contribution in [3.05, 3.63) is 83.2 Å². The number of para-hydroxylation sites is 1. The molecule has 0 spiro atoms. The first-order chi connectivity index (χ1) is 14.1. The zero-order valence-corrected chi connectivity index (χ0v) is 16.2. The molecule has 2 heterocycles. The summed E-state index contributed by atoms with van der Waals surface area (Å²) in [5.74, 6) is 0.0497. The molecule has 6 rings (SSSR count). The van der Waals surface area contributed by atoms with E-state index in [9.17, 15) is 4.79 Å². The molecule has 0 saturated carbocycles. The number of hydrogen-bond acceptors (Lipinski definition) is 4. The van der Waals surface area contributed by atoms with Crippen LogP contribution in [0, 0.1) is 0 Å². The molecular weight excluding hydrogens is 360 g/mol. The highest BCUT2D eigenvalue weighted by Crippen LogP contribution is 2.48.